The fraction of sp³-hybridized carbons (Fsp3) is 0.0667. The quantitative estimate of drug-likeness (QED) is 0.494. The number of rotatable bonds is 1. The number of fused-ring (bicyclic) bond motifs is 3. The third-order valence-corrected chi connectivity index (χ3v) is 3.04. The van der Waals surface area contributed by atoms with Crippen LogP contribution in [0.25, 0.3) is 21.7 Å². The average molecular weight is 255 g/mol. The monoisotopic (exact) mass is 255 g/mol. The van der Waals surface area contributed by atoms with E-state index >= 15 is 0 Å². The van der Waals surface area contributed by atoms with Gasteiger partial charge < -0.3 is 4.74 Å². The first-order chi connectivity index (χ1) is 9.20. The molecule has 0 saturated carbocycles. The predicted octanol–water partition coefficient (Wildman–Crippen LogP) is 3.31. The highest BCUT2D eigenvalue weighted by atomic mass is 19.1. The molecule has 1 aromatic heterocycles. The normalized spacial score (nSPS) is 10.8. The molecule has 0 fully saturated rings. The summed E-state index contributed by atoms with van der Waals surface area (Å²) in [5, 5.41) is 2.13. The number of carbonyl (C=O) groups excluding carboxylic acids is 1. The summed E-state index contributed by atoms with van der Waals surface area (Å²) in [6, 6.07) is 11.8. The number of benzene rings is 2. The number of nitrogens with zero attached hydrogens (tertiary/aromatic N) is 1. The number of carbonyl (C=O) groups is 1. The Balaban J connectivity index is 2.51. The molecule has 0 aliphatic rings. The van der Waals surface area contributed by atoms with Crippen molar-refractivity contribution in [3.8, 4) is 0 Å². The summed E-state index contributed by atoms with van der Waals surface area (Å²) in [5.41, 5.74) is 0.817. The molecule has 0 unspecified atom stereocenters. The van der Waals surface area contributed by atoms with Gasteiger partial charge in [-0.2, -0.15) is 0 Å². The van der Waals surface area contributed by atoms with Crippen molar-refractivity contribution >= 4 is 27.6 Å². The molecule has 1 heterocycles. The molecule has 2 aromatic carbocycles. The van der Waals surface area contributed by atoms with E-state index in [4.69, 9.17) is 4.74 Å². The van der Waals surface area contributed by atoms with Crippen LogP contribution in [0.5, 0.6) is 0 Å². The maximum atomic E-state index is 13.4. The van der Waals surface area contributed by atoms with Gasteiger partial charge in [0.2, 0.25) is 0 Å². The Morgan fingerprint density at radius 3 is 2.68 bits per heavy atom. The smallest absolute Gasteiger partial charge is 0.357 e. The SMILES string of the molecule is COC(=O)c1nc2ccccc2c2ccc(F)cc12. The van der Waals surface area contributed by atoms with Crippen molar-refractivity contribution in [2.24, 2.45) is 0 Å². The van der Waals surface area contributed by atoms with E-state index in [1.54, 1.807) is 6.07 Å². The van der Waals surface area contributed by atoms with Crippen molar-refractivity contribution in [3.63, 3.8) is 0 Å². The maximum absolute atomic E-state index is 13.4. The van der Waals surface area contributed by atoms with Gasteiger partial charge in [-0.05, 0) is 23.6 Å². The van der Waals surface area contributed by atoms with Gasteiger partial charge in [-0.15, -0.1) is 0 Å². The van der Waals surface area contributed by atoms with E-state index in [9.17, 15) is 9.18 Å². The van der Waals surface area contributed by atoms with E-state index in [2.05, 4.69) is 4.98 Å². The van der Waals surface area contributed by atoms with Gasteiger partial charge in [0.05, 0.1) is 12.6 Å². The topological polar surface area (TPSA) is 39.2 Å². The zero-order valence-corrected chi connectivity index (χ0v) is 10.2. The standard InChI is InChI=1S/C15H10FNO2/c1-19-15(18)14-12-8-9(16)6-7-10(12)11-4-2-3-5-13(11)17-14/h2-8H,1H3. The molecular formula is C15H10FNO2. The van der Waals surface area contributed by atoms with Gasteiger partial charge in [-0.25, -0.2) is 14.2 Å². The predicted molar refractivity (Wildman–Crippen MR) is 70.5 cm³/mol. The fourth-order valence-corrected chi connectivity index (χ4v) is 2.18. The average Bonchev–Trinajstić information content (AvgIpc) is 2.45. The van der Waals surface area contributed by atoms with Crippen LogP contribution in [0.4, 0.5) is 4.39 Å². The number of hydrogen-bond acceptors (Lipinski definition) is 3. The molecule has 0 atom stereocenters. The lowest BCUT2D eigenvalue weighted by molar-refractivity contribution is 0.0597. The van der Waals surface area contributed by atoms with Crippen LogP contribution >= 0.6 is 0 Å². The van der Waals surface area contributed by atoms with Crippen LogP contribution in [0.1, 0.15) is 10.5 Å². The molecule has 3 aromatic rings. The highest BCUT2D eigenvalue weighted by molar-refractivity contribution is 6.13. The van der Waals surface area contributed by atoms with Gasteiger partial charge in [0, 0.05) is 10.8 Å². The van der Waals surface area contributed by atoms with E-state index in [0.29, 0.717) is 10.9 Å². The molecule has 19 heavy (non-hydrogen) atoms. The number of esters is 1. The zero-order valence-electron chi connectivity index (χ0n) is 10.2. The van der Waals surface area contributed by atoms with Gasteiger partial charge in [-0.3, -0.25) is 0 Å². The van der Waals surface area contributed by atoms with E-state index in [1.165, 1.54) is 19.2 Å². The summed E-state index contributed by atoms with van der Waals surface area (Å²) in [4.78, 5) is 16.0. The van der Waals surface area contributed by atoms with Crippen LogP contribution in [0.15, 0.2) is 42.5 Å². The first-order valence-electron chi connectivity index (χ1n) is 5.77. The van der Waals surface area contributed by atoms with E-state index in [0.717, 1.165) is 10.8 Å². The second-order valence-corrected chi connectivity index (χ2v) is 4.16. The number of ether oxygens (including phenoxy) is 1. The van der Waals surface area contributed by atoms with Crippen LogP contribution < -0.4 is 0 Å². The minimum atomic E-state index is -0.568. The number of para-hydroxylation sites is 1. The largest absolute Gasteiger partial charge is 0.464 e. The van der Waals surface area contributed by atoms with Crippen molar-refractivity contribution in [3.05, 3.63) is 54.0 Å². The van der Waals surface area contributed by atoms with Crippen LogP contribution in [-0.2, 0) is 4.74 Å². The van der Waals surface area contributed by atoms with Crippen molar-refractivity contribution in [2.75, 3.05) is 7.11 Å². The summed E-state index contributed by atoms with van der Waals surface area (Å²) in [6.45, 7) is 0. The first kappa shape index (κ1) is 11.6. The zero-order chi connectivity index (χ0) is 13.4. The molecule has 3 rings (SSSR count). The third-order valence-electron chi connectivity index (χ3n) is 3.04. The Morgan fingerprint density at radius 1 is 1.11 bits per heavy atom. The van der Waals surface area contributed by atoms with Crippen LogP contribution in [0, 0.1) is 5.82 Å². The molecule has 94 valence electrons. The Bertz CT molecular complexity index is 799. The Kier molecular flexibility index (Phi) is 2.63. The molecule has 0 N–H and O–H groups in total. The maximum Gasteiger partial charge on any atom is 0.357 e. The molecular weight excluding hydrogens is 245 g/mol. The molecule has 4 heteroatoms. The van der Waals surface area contributed by atoms with Crippen LogP contribution in [0.2, 0.25) is 0 Å². The van der Waals surface area contributed by atoms with Gasteiger partial charge in [0.15, 0.2) is 5.69 Å². The number of hydrogen-bond donors (Lipinski definition) is 0. The molecule has 0 aliphatic heterocycles. The van der Waals surface area contributed by atoms with Crippen molar-refractivity contribution in [1.29, 1.82) is 0 Å². The Hall–Kier alpha value is -2.49. The Morgan fingerprint density at radius 2 is 1.89 bits per heavy atom. The number of aromatic nitrogens is 1. The van der Waals surface area contributed by atoms with Crippen molar-refractivity contribution < 1.29 is 13.9 Å². The van der Waals surface area contributed by atoms with E-state index in [-0.39, 0.29) is 5.69 Å². The van der Waals surface area contributed by atoms with Gasteiger partial charge in [0.25, 0.3) is 0 Å². The third kappa shape index (κ3) is 1.81. The summed E-state index contributed by atoms with van der Waals surface area (Å²) < 4.78 is 18.1. The van der Waals surface area contributed by atoms with Gasteiger partial charge >= 0.3 is 5.97 Å². The summed E-state index contributed by atoms with van der Waals surface area (Å²) in [5.74, 6) is -0.976. The van der Waals surface area contributed by atoms with Crippen molar-refractivity contribution in [2.45, 2.75) is 0 Å². The van der Waals surface area contributed by atoms with Gasteiger partial charge in [0.1, 0.15) is 5.82 Å². The number of methoxy groups -OCH3 is 1. The number of halogens is 1. The van der Waals surface area contributed by atoms with Crippen LogP contribution in [0.3, 0.4) is 0 Å². The molecule has 0 saturated heterocycles. The lowest BCUT2D eigenvalue weighted by Crippen LogP contribution is -2.05. The van der Waals surface area contributed by atoms with Crippen LogP contribution in [-0.4, -0.2) is 18.1 Å². The number of pyridine rings is 1. The molecule has 0 radical (unpaired) electrons. The minimum Gasteiger partial charge on any atom is -0.464 e. The second kappa shape index (κ2) is 4.31. The first-order valence-corrected chi connectivity index (χ1v) is 5.77. The molecule has 3 nitrogen and oxygen atoms in total. The Labute approximate surface area is 108 Å². The van der Waals surface area contributed by atoms with Crippen molar-refractivity contribution in [1.82, 2.24) is 4.98 Å². The summed E-state index contributed by atoms with van der Waals surface area (Å²) in [7, 11) is 1.28. The fourth-order valence-electron chi connectivity index (χ4n) is 2.18. The van der Waals surface area contributed by atoms with E-state index in [1.807, 2.05) is 24.3 Å². The highest BCUT2D eigenvalue weighted by Gasteiger charge is 2.15. The lowest BCUT2D eigenvalue weighted by Gasteiger charge is -2.08. The molecule has 0 amide bonds. The lowest BCUT2D eigenvalue weighted by atomic mass is 10.0. The molecule has 0 spiro atoms. The van der Waals surface area contributed by atoms with E-state index < -0.39 is 11.8 Å². The van der Waals surface area contributed by atoms with Gasteiger partial charge in [-0.1, -0.05) is 24.3 Å². The second-order valence-electron chi connectivity index (χ2n) is 4.16. The molecule has 0 bridgehead atoms. The molecule has 0 aliphatic carbocycles. The summed E-state index contributed by atoms with van der Waals surface area (Å²) in [6.07, 6.45) is 0. The highest BCUT2D eigenvalue weighted by Crippen LogP contribution is 2.27. The summed E-state index contributed by atoms with van der Waals surface area (Å²) >= 11 is 0. The minimum absolute atomic E-state index is 0.135.